The van der Waals surface area contributed by atoms with E-state index >= 15 is 0 Å². The highest BCUT2D eigenvalue weighted by Crippen LogP contribution is 2.44. The summed E-state index contributed by atoms with van der Waals surface area (Å²) >= 11 is 0. The van der Waals surface area contributed by atoms with Gasteiger partial charge in [-0.05, 0) is 186 Å². The number of furan rings is 2. The van der Waals surface area contributed by atoms with Gasteiger partial charge in [0.25, 0.3) is 0 Å². The fraction of sp³-hybridized carbons (Fsp3) is 0. The standard InChI is InChI=1S/C88H48N6O6/c1-6-20-78-61(11-1)63-15-9-13-59(83(63)96-78)50-25-35-58(36-26-50)94-75-38-28-54(86-90-70-17-4-8-22-81(70)98-86)45-65(75)67-47-56(30-40-76(67)94)88-91-71-18-10-14-60(84(71)100-88)52-32-42-82-72(48-52)92-87(99-82)55-29-39-74-66(46-55)64-44-53(85-89-69-16-3-7-21-80(69)97-85)27-37-73(64)93(74)57-33-23-49(24-34-57)51-31-41-79-68(43-51)62-12-2-5-19-77(62)95-79/h1-48H. The Balaban J connectivity index is 0.618. The number of hydrogen-bond acceptors (Lipinski definition) is 10. The smallest absolute Gasteiger partial charge is 0.227 e. The van der Waals surface area contributed by atoms with Crippen LogP contribution in [0.25, 0.3) is 222 Å². The molecule has 8 heterocycles. The van der Waals surface area contributed by atoms with Crippen LogP contribution in [0.15, 0.2) is 318 Å². The molecule has 0 aliphatic heterocycles. The van der Waals surface area contributed by atoms with Gasteiger partial charge in [-0.25, -0.2) is 19.9 Å². The molecule has 14 aromatic carbocycles. The van der Waals surface area contributed by atoms with Crippen molar-refractivity contribution < 1.29 is 26.5 Å². The third-order valence-electron chi connectivity index (χ3n) is 19.9. The predicted octanol–water partition coefficient (Wildman–Crippen LogP) is 23.9. The zero-order valence-electron chi connectivity index (χ0n) is 52.8. The molecule has 22 rings (SSSR count). The van der Waals surface area contributed by atoms with Gasteiger partial charge in [-0.15, -0.1) is 0 Å². The minimum atomic E-state index is 0.501. The zero-order chi connectivity index (χ0) is 65.3. The summed E-state index contributed by atoms with van der Waals surface area (Å²) < 4.78 is 43.5. The molecule has 22 aromatic rings. The average Bonchev–Trinajstić information content (AvgIpc) is 1.58. The first kappa shape index (κ1) is 54.4. The van der Waals surface area contributed by atoms with E-state index in [2.05, 4.69) is 209 Å². The molecule has 0 spiro atoms. The summed E-state index contributed by atoms with van der Waals surface area (Å²) in [6.07, 6.45) is 0. The Morgan fingerprint density at radius 2 is 0.580 bits per heavy atom. The first-order valence-electron chi connectivity index (χ1n) is 33.2. The lowest BCUT2D eigenvalue weighted by atomic mass is 10.0. The van der Waals surface area contributed by atoms with Gasteiger partial charge < -0.3 is 35.6 Å². The second kappa shape index (κ2) is 20.8. The van der Waals surface area contributed by atoms with E-state index < -0.39 is 0 Å². The maximum Gasteiger partial charge on any atom is 0.227 e. The molecule has 12 heteroatoms. The lowest BCUT2D eigenvalue weighted by Gasteiger charge is -2.10. The lowest BCUT2D eigenvalue weighted by molar-refractivity contribution is 0.619. The number of fused-ring (bicyclic) bond motifs is 16. The minimum Gasteiger partial charge on any atom is -0.456 e. The van der Waals surface area contributed by atoms with Crippen molar-refractivity contribution >= 4 is 132 Å². The summed E-state index contributed by atoms with van der Waals surface area (Å²) in [6.45, 7) is 0. The van der Waals surface area contributed by atoms with E-state index in [0.29, 0.717) is 40.2 Å². The third kappa shape index (κ3) is 8.34. The molecule has 0 atom stereocenters. The molecule has 0 bridgehead atoms. The topological polar surface area (TPSA) is 140 Å². The van der Waals surface area contributed by atoms with Crippen molar-refractivity contribution in [3.8, 4) is 90.6 Å². The largest absolute Gasteiger partial charge is 0.456 e. The number of hydrogen-bond donors (Lipinski definition) is 0. The summed E-state index contributed by atoms with van der Waals surface area (Å²) in [5.74, 6) is 2.12. The number of nitrogens with zero attached hydrogens (tertiary/aromatic N) is 6. The van der Waals surface area contributed by atoms with Crippen LogP contribution in [0.4, 0.5) is 0 Å². The Kier molecular flexibility index (Phi) is 11.3. The van der Waals surface area contributed by atoms with Crippen molar-refractivity contribution in [3.63, 3.8) is 0 Å². The Morgan fingerprint density at radius 1 is 0.200 bits per heavy atom. The van der Waals surface area contributed by atoms with Crippen LogP contribution in [0, 0.1) is 0 Å². The van der Waals surface area contributed by atoms with Crippen molar-refractivity contribution in [1.82, 2.24) is 29.1 Å². The molecule has 8 aromatic heterocycles. The maximum absolute atomic E-state index is 6.91. The van der Waals surface area contributed by atoms with E-state index in [1.165, 1.54) is 0 Å². The van der Waals surface area contributed by atoms with Crippen LogP contribution in [0.2, 0.25) is 0 Å². The Bertz CT molecular complexity index is 7110. The summed E-state index contributed by atoms with van der Waals surface area (Å²) in [6, 6.07) is 100. The molecule has 0 saturated carbocycles. The van der Waals surface area contributed by atoms with E-state index in [-0.39, 0.29) is 0 Å². The summed E-state index contributed by atoms with van der Waals surface area (Å²) in [7, 11) is 0. The fourth-order valence-corrected chi connectivity index (χ4v) is 15.1. The van der Waals surface area contributed by atoms with Gasteiger partial charge in [0.15, 0.2) is 22.3 Å². The van der Waals surface area contributed by atoms with Gasteiger partial charge in [-0.1, -0.05) is 127 Å². The Morgan fingerprint density at radius 3 is 1.15 bits per heavy atom. The number of oxazole rings is 4. The van der Waals surface area contributed by atoms with Gasteiger partial charge in [0, 0.05) is 87.8 Å². The van der Waals surface area contributed by atoms with Crippen LogP contribution in [0.5, 0.6) is 0 Å². The third-order valence-corrected chi connectivity index (χ3v) is 19.9. The van der Waals surface area contributed by atoms with Gasteiger partial charge in [0.05, 0.1) is 22.1 Å². The van der Waals surface area contributed by atoms with Crippen LogP contribution >= 0.6 is 0 Å². The molecule has 466 valence electrons. The molecule has 12 nitrogen and oxygen atoms in total. The normalized spacial score (nSPS) is 12.2. The van der Waals surface area contributed by atoms with E-state index in [0.717, 1.165) is 182 Å². The van der Waals surface area contributed by atoms with Crippen LogP contribution < -0.4 is 0 Å². The quantitative estimate of drug-likeness (QED) is 0.137. The highest BCUT2D eigenvalue weighted by Gasteiger charge is 2.23. The van der Waals surface area contributed by atoms with Crippen molar-refractivity contribution in [1.29, 1.82) is 0 Å². The van der Waals surface area contributed by atoms with Gasteiger partial charge in [-0.2, -0.15) is 0 Å². The van der Waals surface area contributed by atoms with Crippen LogP contribution in [0.3, 0.4) is 0 Å². The second-order valence-corrected chi connectivity index (χ2v) is 25.6. The molecule has 0 N–H and O–H groups in total. The minimum absolute atomic E-state index is 0.501. The van der Waals surface area contributed by atoms with Crippen LogP contribution in [-0.2, 0) is 0 Å². The number of aromatic nitrogens is 6. The summed E-state index contributed by atoms with van der Waals surface area (Å²) in [4.78, 5) is 20.2. The molecule has 0 radical (unpaired) electrons. The molecule has 0 amide bonds. The summed E-state index contributed by atoms with van der Waals surface area (Å²) in [5, 5.41) is 8.50. The number of benzene rings is 14. The van der Waals surface area contributed by atoms with E-state index in [9.17, 15) is 0 Å². The van der Waals surface area contributed by atoms with Crippen molar-refractivity contribution in [3.05, 3.63) is 291 Å². The maximum atomic E-state index is 6.91. The summed E-state index contributed by atoms with van der Waals surface area (Å²) in [5.41, 5.74) is 25.0. The predicted molar refractivity (Wildman–Crippen MR) is 398 cm³/mol. The molecule has 0 aliphatic rings. The van der Waals surface area contributed by atoms with Gasteiger partial charge >= 0.3 is 0 Å². The molecule has 0 unspecified atom stereocenters. The SMILES string of the molecule is c1ccc2oc(-c3ccc4c(c3)c3cc(-c5nc6cc(-c7cccc8nc(-c9ccc%10c(c9)c9cc(-c%11nc%12ccccc%12o%11)ccc9n%10-c9ccc(-c%10cccc%11c%10oc%10ccccc%10%11)cc9)oc78)ccc6o5)ccc3n4-c3ccc(-c4ccc5oc6ccccc6c5c4)cc3)nc2c1. The van der Waals surface area contributed by atoms with Gasteiger partial charge in [-0.3, -0.25) is 0 Å². The van der Waals surface area contributed by atoms with Gasteiger partial charge in [0.2, 0.25) is 23.6 Å². The monoisotopic (exact) mass is 1280 g/mol. The zero-order valence-corrected chi connectivity index (χ0v) is 52.8. The molecule has 0 saturated heterocycles. The van der Waals surface area contributed by atoms with Crippen LogP contribution in [0.1, 0.15) is 0 Å². The average molecular weight is 1290 g/mol. The first-order valence-corrected chi connectivity index (χ1v) is 33.2. The fourth-order valence-electron chi connectivity index (χ4n) is 15.1. The second-order valence-electron chi connectivity index (χ2n) is 25.6. The van der Waals surface area contributed by atoms with Crippen LogP contribution in [-0.4, -0.2) is 29.1 Å². The number of para-hydroxylation sites is 8. The van der Waals surface area contributed by atoms with E-state index in [1.54, 1.807) is 0 Å². The van der Waals surface area contributed by atoms with Crippen molar-refractivity contribution in [2.75, 3.05) is 0 Å². The number of rotatable bonds is 9. The van der Waals surface area contributed by atoms with E-state index in [4.69, 9.17) is 46.4 Å². The Labute approximate surface area is 566 Å². The van der Waals surface area contributed by atoms with Crippen molar-refractivity contribution in [2.24, 2.45) is 0 Å². The molecule has 0 fully saturated rings. The highest BCUT2D eigenvalue weighted by molar-refractivity contribution is 6.14. The highest BCUT2D eigenvalue weighted by atomic mass is 16.4. The lowest BCUT2D eigenvalue weighted by Crippen LogP contribution is -1.94. The van der Waals surface area contributed by atoms with E-state index in [1.807, 2.05) is 91.0 Å². The van der Waals surface area contributed by atoms with Gasteiger partial charge in [0.1, 0.15) is 44.4 Å². The molecular formula is C88H48N6O6. The van der Waals surface area contributed by atoms with Crippen molar-refractivity contribution in [2.45, 2.75) is 0 Å². The molecule has 100 heavy (non-hydrogen) atoms. The first-order chi connectivity index (χ1) is 49.5. The molecule has 0 aliphatic carbocycles. The Hall–Kier alpha value is -13.8. The molecular weight excluding hydrogens is 1240 g/mol.